The Bertz CT molecular complexity index is 1140. The van der Waals surface area contributed by atoms with Gasteiger partial charge >= 0.3 is 5.97 Å². The number of carbonyl (C=O) groups is 2. The van der Waals surface area contributed by atoms with Gasteiger partial charge in [0.25, 0.3) is 5.91 Å². The van der Waals surface area contributed by atoms with E-state index >= 15 is 0 Å². The fourth-order valence-corrected chi connectivity index (χ4v) is 4.22. The molecule has 2 rings (SSSR count). The lowest BCUT2D eigenvalue weighted by Gasteiger charge is -2.15. The van der Waals surface area contributed by atoms with Crippen LogP contribution in [0.2, 0.25) is 5.02 Å². The maximum Gasteiger partial charge on any atom is 0.340 e. The molecule has 186 valence electrons. The second-order valence-corrected chi connectivity index (χ2v) is 9.10. The van der Waals surface area contributed by atoms with Crippen molar-refractivity contribution in [3.63, 3.8) is 0 Å². The Kier molecular flexibility index (Phi) is 9.97. The van der Waals surface area contributed by atoms with E-state index in [4.69, 9.17) is 30.5 Å². The van der Waals surface area contributed by atoms with Gasteiger partial charge in [0.1, 0.15) is 5.75 Å². The van der Waals surface area contributed by atoms with Gasteiger partial charge in [0.2, 0.25) is 10.0 Å². The highest BCUT2D eigenvalue weighted by Crippen LogP contribution is 2.34. The third-order valence-electron chi connectivity index (χ3n) is 4.60. The summed E-state index contributed by atoms with van der Waals surface area (Å²) in [6.45, 7) is 1.81. The second-order valence-electron chi connectivity index (χ2n) is 6.92. The zero-order chi connectivity index (χ0) is 25.3. The average Bonchev–Trinajstić information content (AvgIpc) is 2.82. The monoisotopic (exact) mass is 514 g/mol. The lowest BCUT2D eigenvalue weighted by molar-refractivity contribution is -0.118. The number of hydrogen-bond acceptors (Lipinski definition) is 8. The van der Waals surface area contributed by atoms with Crippen molar-refractivity contribution < 1.29 is 37.0 Å². The van der Waals surface area contributed by atoms with Gasteiger partial charge in [-0.25, -0.2) is 17.9 Å². The fourth-order valence-electron chi connectivity index (χ4n) is 2.82. The number of nitrogens with one attached hydrogen (secondary N) is 2. The van der Waals surface area contributed by atoms with Crippen molar-refractivity contribution in [3.05, 3.63) is 40.9 Å². The van der Waals surface area contributed by atoms with Crippen LogP contribution in [0.4, 0.5) is 5.69 Å². The zero-order valence-corrected chi connectivity index (χ0v) is 20.8. The normalized spacial score (nSPS) is 11.0. The first-order valence-electron chi connectivity index (χ1n) is 10.2. The fraction of sp³-hybridized carbons (Fsp3) is 0.364. The Hall–Kier alpha value is -3.02. The van der Waals surface area contributed by atoms with Gasteiger partial charge in [-0.15, -0.1) is 0 Å². The maximum absolute atomic E-state index is 12.5. The quantitative estimate of drug-likeness (QED) is 0.326. The number of amides is 1. The predicted molar refractivity (Wildman–Crippen MR) is 127 cm³/mol. The third-order valence-corrected chi connectivity index (χ3v) is 6.35. The van der Waals surface area contributed by atoms with Gasteiger partial charge in [-0.1, -0.05) is 24.9 Å². The highest BCUT2D eigenvalue weighted by atomic mass is 35.5. The number of sulfonamides is 1. The number of ether oxygens (including phenoxy) is 4. The summed E-state index contributed by atoms with van der Waals surface area (Å²) in [5, 5.41) is 2.58. The minimum atomic E-state index is -3.71. The van der Waals surface area contributed by atoms with Crippen LogP contribution in [-0.2, 0) is 19.6 Å². The molecule has 2 aromatic carbocycles. The highest BCUT2D eigenvalue weighted by Gasteiger charge is 2.20. The first-order valence-corrected chi connectivity index (χ1v) is 12.1. The molecular formula is C22H27ClN2O8S. The van der Waals surface area contributed by atoms with E-state index in [-0.39, 0.29) is 32.7 Å². The lowest BCUT2D eigenvalue weighted by atomic mass is 10.1. The summed E-state index contributed by atoms with van der Waals surface area (Å²) in [6.07, 6.45) is 1.56. The minimum Gasteiger partial charge on any atom is -0.493 e. The van der Waals surface area contributed by atoms with E-state index in [2.05, 4.69) is 10.0 Å². The smallest absolute Gasteiger partial charge is 0.340 e. The number of methoxy groups -OCH3 is 3. The second kappa shape index (κ2) is 12.4. The van der Waals surface area contributed by atoms with Gasteiger partial charge in [0, 0.05) is 18.7 Å². The van der Waals surface area contributed by atoms with Gasteiger partial charge in [0.15, 0.2) is 18.1 Å². The van der Waals surface area contributed by atoms with Crippen molar-refractivity contribution in [2.75, 3.05) is 39.8 Å². The molecule has 0 radical (unpaired) electrons. The molecule has 0 fully saturated rings. The summed E-state index contributed by atoms with van der Waals surface area (Å²) >= 11 is 6.16. The van der Waals surface area contributed by atoms with E-state index in [1.807, 2.05) is 6.92 Å². The van der Waals surface area contributed by atoms with Crippen molar-refractivity contribution in [1.82, 2.24) is 4.72 Å². The average molecular weight is 515 g/mol. The third kappa shape index (κ3) is 6.99. The molecule has 0 aliphatic carbocycles. The number of unbranched alkanes of at least 4 members (excludes halogenated alkanes) is 1. The minimum absolute atomic E-state index is 0.0153. The summed E-state index contributed by atoms with van der Waals surface area (Å²) in [5.41, 5.74) is 0.181. The van der Waals surface area contributed by atoms with Crippen LogP contribution in [0.5, 0.6) is 17.2 Å². The number of anilines is 1. The molecule has 34 heavy (non-hydrogen) atoms. The number of halogens is 1. The molecule has 2 N–H and O–H groups in total. The van der Waals surface area contributed by atoms with E-state index in [1.54, 1.807) is 0 Å². The summed E-state index contributed by atoms with van der Waals surface area (Å²) in [4.78, 5) is 24.6. The SMILES string of the molecule is CCCCNS(=O)(=O)c1ccc(OCC(=O)Nc2cc(OC)c(OC)cc2C(=O)OC)c(Cl)c1. The number of carbonyl (C=O) groups excluding carboxylic acids is 2. The molecule has 0 saturated carbocycles. The van der Waals surface area contributed by atoms with Crippen LogP contribution in [0.1, 0.15) is 30.1 Å². The topological polar surface area (TPSA) is 129 Å². The molecular weight excluding hydrogens is 488 g/mol. The summed E-state index contributed by atoms with van der Waals surface area (Å²) in [7, 11) is 0.322. The molecule has 0 saturated heterocycles. The van der Waals surface area contributed by atoms with E-state index < -0.39 is 28.5 Å². The Balaban J connectivity index is 2.13. The van der Waals surface area contributed by atoms with Gasteiger partial charge in [-0.2, -0.15) is 0 Å². The van der Waals surface area contributed by atoms with E-state index in [0.29, 0.717) is 18.7 Å². The molecule has 10 nitrogen and oxygen atoms in total. The molecule has 0 aliphatic rings. The van der Waals surface area contributed by atoms with E-state index in [9.17, 15) is 18.0 Å². The highest BCUT2D eigenvalue weighted by molar-refractivity contribution is 7.89. The van der Waals surface area contributed by atoms with Crippen molar-refractivity contribution in [1.29, 1.82) is 0 Å². The van der Waals surface area contributed by atoms with Crippen LogP contribution in [0, 0.1) is 0 Å². The van der Waals surface area contributed by atoms with Crippen LogP contribution in [-0.4, -0.2) is 54.8 Å². The first-order chi connectivity index (χ1) is 16.2. The standard InChI is InChI=1S/C22H27ClN2O8S/c1-5-6-9-24-34(28,29)14-7-8-18(16(23)10-14)33-13-21(26)25-17-12-20(31-3)19(30-2)11-15(17)22(27)32-4/h7-8,10-12,24H,5-6,9,13H2,1-4H3,(H,25,26). The molecule has 2 aromatic rings. The van der Waals surface area contributed by atoms with E-state index in [1.165, 1.54) is 51.7 Å². The van der Waals surface area contributed by atoms with Crippen molar-refractivity contribution in [2.24, 2.45) is 0 Å². The molecule has 0 aliphatic heterocycles. The predicted octanol–water partition coefficient (Wildman–Crippen LogP) is 3.24. The molecule has 0 bridgehead atoms. The van der Waals surface area contributed by atoms with Gasteiger partial charge in [-0.3, -0.25) is 4.79 Å². The zero-order valence-electron chi connectivity index (χ0n) is 19.3. The van der Waals surface area contributed by atoms with Crippen LogP contribution in [0.3, 0.4) is 0 Å². The van der Waals surface area contributed by atoms with E-state index in [0.717, 1.165) is 6.42 Å². The summed E-state index contributed by atoms with van der Waals surface area (Å²) in [5.74, 6) is -0.609. The molecule has 1 amide bonds. The molecule has 0 spiro atoms. The van der Waals surface area contributed by atoms with Crippen molar-refractivity contribution in [3.8, 4) is 17.2 Å². The molecule has 0 atom stereocenters. The van der Waals surface area contributed by atoms with Crippen molar-refractivity contribution >= 4 is 39.2 Å². The number of rotatable bonds is 12. The molecule has 0 heterocycles. The maximum atomic E-state index is 12.5. The van der Waals surface area contributed by atoms with Crippen LogP contribution in [0.15, 0.2) is 35.2 Å². The first kappa shape index (κ1) is 27.2. The van der Waals surface area contributed by atoms with Gasteiger partial charge in [0.05, 0.1) is 42.5 Å². The molecule has 0 aromatic heterocycles. The van der Waals surface area contributed by atoms with Gasteiger partial charge in [-0.05, 0) is 24.6 Å². The number of hydrogen-bond donors (Lipinski definition) is 2. The number of esters is 1. The van der Waals surface area contributed by atoms with Crippen LogP contribution < -0.4 is 24.2 Å². The van der Waals surface area contributed by atoms with Gasteiger partial charge < -0.3 is 24.3 Å². The molecule has 12 heteroatoms. The Labute approximate surface area is 203 Å². The Morgan fingerprint density at radius 1 is 1.00 bits per heavy atom. The molecule has 0 unspecified atom stereocenters. The van der Waals surface area contributed by atoms with Crippen LogP contribution >= 0.6 is 11.6 Å². The number of benzene rings is 2. The van der Waals surface area contributed by atoms with Crippen LogP contribution in [0.25, 0.3) is 0 Å². The largest absolute Gasteiger partial charge is 0.493 e. The summed E-state index contributed by atoms with van der Waals surface area (Å²) in [6, 6.07) is 6.73. The summed E-state index contributed by atoms with van der Waals surface area (Å²) < 4.78 is 47.7. The Morgan fingerprint density at radius 3 is 2.26 bits per heavy atom. The van der Waals surface area contributed by atoms with Crippen molar-refractivity contribution in [2.45, 2.75) is 24.7 Å². The lowest BCUT2D eigenvalue weighted by Crippen LogP contribution is -2.24. The Morgan fingerprint density at radius 2 is 1.68 bits per heavy atom.